The van der Waals surface area contributed by atoms with E-state index in [1.807, 2.05) is 30.3 Å². The van der Waals surface area contributed by atoms with E-state index >= 15 is 0 Å². The van der Waals surface area contributed by atoms with E-state index in [-0.39, 0.29) is 70.5 Å². The first-order valence-electron chi connectivity index (χ1n) is 13.6. The third kappa shape index (κ3) is 9.99. The zero-order valence-corrected chi connectivity index (χ0v) is 27.4. The molecule has 1 aliphatic rings. The topological polar surface area (TPSA) is 106 Å². The molecule has 0 radical (unpaired) electrons. The predicted molar refractivity (Wildman–Crippen MR) is 175 cm³/mol. The molecule has 3 aromatic carbocycles. The molecule has 44 heavy (non-hydrogen) atoms. The van der Waals surface area contributed by atoms with Crippen LogP contribution in [0.3, 0.4) is 0 Å². The Morgan fingerprint density at radius 1 is 1.02 bits per heavy atom. The lowest BCUT2D eigenvalue weighted by Crippen LogP contribution is -2.50. The van der Waals surface area contributed by atoms with Crippen LogP contribution >= 0.6 is 48.0 Å². The molecule has 1 fully saturated rings. The number of benzene rings is 3. The molecule has 4 rings (SSSR count). The van der Waals surface area contributed by atoms with E-state index in [1.165, 1.54) is 13.2 Å². The summed E-state index contributed by atoms with van der Waals surface area (Å²) in [5.74, 6) is -2.26. The Kier molecular flexibility index (Phi) is 15.2. The number of hydrogen-bond acceptors (Lipinski definition) is 8. The van der Waals surface area contributed by atoms with Gasteiger partial charge in [-0.15, -0.1) is 24.8 Å². The summed E-state index contributed by atoms with van der Waals surface area (Å²) < 4.78 is 16.6. The third-order valence-corrected chi connectivity index (χ3v) is 7.38. The van der Waals surface area contributed by atoms with E-state index in [4.69, 9.17) is 37.4 Å². The number of esters is 2. The highest BCUT2D eigenvalue weighted by Gasteiger charge is 2.29. The number of piperazine rings is 1. The van der Waals surface area contributed by atoms with Crippen molar-refractivity contribution in [1.82, 2.24) is 15.5 Å². The lowest BCUT2D eigenvalue weighted by atomic mass is 10.1. The number of nitrogens with zero attached hydrogens (tertiary/aromatic N) is 1. The van der Waals surface area contributed by atoms with Gasteiger partial charge in [-0.05, 0) is 30.7 Å². The van der Waals surface area contributed by atoms with E-state index in [9.17, 15) is 14.4 Å². The second kappa shape index (κ2) is 18.0. The first-order chi connectivity index (χ1) is 20.3. The van der Waals surface area contributed by atoms with Gasteiger partial charge in [-0.25, -0.2) is 9.59 Å². The van der Waals surface area contributed by atoms with Crippen LogP contribution in [-0.4, -0.2) is 74.7 Å². The molecule has 1 amide bonds. The number of amides is 1. The van der Waals surface area contributed by atoms with Gasteiger partial charge in [0, 0.05) is 38.6 Å². The Hall–Kier alpha value is -3.05. The van der Waals surface area contributed by atoms with E-state index in [0.29, 0.717) is 12.6 Å². The van der Waals surface area contributed by atoms with E-state index < -0.39 is 23.9 Å². The van der Waals surface area contributed by atoms with Crippen molar-refractivity contribution in [2.24, 2.45) is 0 Å². The van der Waals surface area contributed by atoms with Gasteiger partial charge in [-0.2, -0.15) is 0 Å². The Labute approximate surface area is 279 Å². The Morgan fingerprint density at radius 2 is 1.68 bits per heavy atom. The maximum atomic E-state index is 13.6. The van der Waals surface area contributed by atoms with E-state index in [2.05, 4.69) is 22.5 Å². The molecule has 1 heterocycles. The molecule has 1 saturated heterocycles. The van der Waals surface area contributed by atoms with Crippen molar-refractivity contribution in [1.29, 1.82) is 0 Å². The summed E-state index contributed by atoms with van der Waals surface area (Å²) in [4.78, 5) is 41.5. The van der Waals surface area contributed by atoms with Crippen LogP contribution < -0.4 is 20.1 Å². The Balaban J connectivity index is 0.00000337. The number of carbonyl (C=O) groups excluding carboxylic acids is 3. The summed E-state index contributed by atoms with van der Waals surface area (Å²) >= 11 is 13.3. The zero-order valence-electron chi connectivity index (χ0n) is 24.2. The van der Waals surface area contributed by atoms with Gasteiger partial charge < -0.3 is 24.8 Å². The van der Waals surface area contributed by atoms with Crippen molar-refractivity contribution in [2.75, 3.05) is 39.9 Å². The van der Waals surface area contributed by atoms with Crippen molar-refractivity contribution in [2.45, 2.75) is 25.4 Å². The van der Waals surface area contributed by atoms with E-state index in [0.717, 1.165) is 25.2 Å². The molecule has 0 bridgehead atoms. The average Bonchev–Trinajstić information content (AvgIpc) is 3.00. The van der Waals surface area contributed by atoms with Crippen molar-refractivity contribution >= 4 is 65.9 Å². The number of methoxy groups -OCH3 is 1. The minimum absolute atomic E-state index is 0. The second-order valence-electron chi connectivity index (χ2n) is 9.88. The summed E-state index contributed by atoms with van der Waals surface area (Å²) in [6, 6.07) is 18.1. The first-order valence-corrected chi connectivity index (χ1v) is 14.3. The molecule has 2 N–H and O–H groups in total. The van der Waals surface area contributed by atoms with Gasteiger partial charge in [-0.1, -0.05) is 71.7 Å². The molecule has 0 aromatic heterocycles. The van der Waals surface area contributed by atoms with Crippen molar-refractivity contribution in [3.05, 3.63) is 93.5 Å². The van der Waals surface area contributed by atoms with Crippen LogP contribution in [0.2, 0.25) is 10.0 Å². The van der Waals surface area contributed by atoms with Crippen LogP contribution in [0.25, 0.3) is 0 Å². The number of nitrogens with one attached hydrogen (secondary N) is 2. The number of halogens is 4. The van der Waals surface area contributed by atoms with Gasteiger partial charge in [-0.3, -0.25) is 9.69 Å². The van der Waals surface area contributed by atoms with Crippen molar-refractivity contribution in [3.63, 3.8) is 0 Å². The highest BCUT2D eigenvalue weighted by atomic mass is 35.5. The molecular formula is C31H35Cl4N3O6. The molecule has 0 unspecified atom stereocenters. The molecule has 13 heteroatoms. The number of ether oxygens (including phenoxy) is 3. The largest absolute Gasteiger partial charge is 0.489 e. The van der Waals surface area contributed by atoms with Gasteiger partial charge in [0.05, 0.1) is 23.3 Å². The van der Waals surface area contributed by atoms with Crippen LogP contribution in [0.5, 0.6) is 11.5 Å². The number of rotatable bonds is 11. The van der Waals surface area contributed by atoms with Gasteiger partial charge in [0.2, 0.25) is 0 Å². The summed E-state index contributed by atoms with van der Waals surface area (Å²) in [6.07, 6.45) is 0.172. The smallest absolute Gasteiger partial charge is 0.343 e. The molecule has 9 nitrogen and oxygen atoms in total. The molecule has 0 saturated carbocycles. The second-order valence-corrected chi connectivity index (χ2v) is 10.7. The summed E-state index contributed by atoms with van der Waals surface area (Å²) in [7, 11) is 1.24. The quantitative estimate of drug-likeness (QED) is 0.208. The molecule has 238 valence electrons. The van der Waals surface area contributed by atoms with Gasteiger partial charge in [0.25, 0.3) is 5.91 Å². The maximum absolute atomic E-state index is 13.6. The molecule has 3 aromatic rings. The van der Waals surface area contributed by atoms with Crippen molar-refractivity contribution < 1.29 is 28.6 Å². The third-order valence-electron chi connectivity index (χ3n) is 6.76. The minimum atomic E-state index is -1.03. The molecular weight excluding hydrogens is 652 g/mol. The highest BCUT2D eigenvalue weighted by molar-refractivity contribution is 6.39. The molecule has 2 atom stereocenters. The van der Waals surface area contributed by atoms with Crippen LogP contribution in [0.1, 0.15) is 33.2 Å². The van der Waals surface area contributed by atoms with Gasteiger partial charge in [0.1, 0.15) is 17.7 Å². The summed E-state index contributed by atoms with van der Waals surface area (Å²) in [6.45, 7) is 5.63. The normalized spacial score (nSPS) is 15.1. The van der Waals surface area contributed by atoms with E-state index in [1.54, 1.807) is 30.3 Å². The summed E-state index contributed by atoms with van der Waals surface area (Å²) in [5, 5.41) is 5.98. The van der Waals surface area contributed by atoms with Crippen molar-refractivity contribution in [3.8, 4) is 11.5 Å². The summed E-state index contributed by atoms with van der Waals surface area (Å²) in [5.41, 5.74) is 0.920. The van der Waals surface area contributed by atoms with Gasteiger partial charge >= 0.3 is 11.9 Å². The fraction of sp³-hybridized carbons (Fsp3) is 0.323. The predicted octanol–water partition coefficient (Wildman–Crippen LogP) is 5.24. The maximum Gasteiger partial charge on any atom is 0.343 e. The number of hydrogen-bond donors (Lipinski definition) is 2. The molecule has 0 spiro atoms. The average molecular weight is 687 g/mol. The standard InChI is InChI=1S/C31H33Cl2N3O6.2ClH/c1-20-19-36(14-13-34-20)15-16-41-28-24(32)18-23(27(26(28)33)42-30(38)22-11-7-4-8-12-22)29(37)35-25(31(39)40-2)17-21-9-5-3-6-10-21;;/h3-12,18,20,25,34H,13-17,19H2,1-2H3,(H,35,37);2*1H/t20-,25+;;/m1../s1. The Morgan fingerprint density at radius 3 is 2.32 bits per heavy atom. The monoisotopic (exact) mass is 685 g/mol. The van der Waals surface area contributed by atoms with Crippen LogP contribution in [-0.2, 0) is 16.0 Å². The molecule has 0 aliphatic carbocycles. The minimum Gasteiger partial charge on any atom is -0.489 e. The highest BCUT2D eigenvalue weighted by Crippen LogP contribution is 2.43. The first kappa shape index (κ1) is 37.1. The van der Waals surface area contributed by atoms with Gasteiger partial charge in [0.15, 0.2) is 11.5 Å². The van der Waals surface area contributed by atoms with Crippen LogP contribution in [0, 0.1) is 0 Å². The van der Waals surface area contributed by atoms with Crippen LogP contribution in [0.4, 0.5) is 0 Å². The number of carbonyl (C=O) groups is 3. The lowest BCUT2D eigenvalue weighted by Gasteiger charge is -2.31. The Bertz CT molecular complexity index is 1400. The fourth-order valence-electron chi connectivity index (χ4n) is 4.62. The van der Waals surface area contributed by atoms with Crippen LogP contribution in [0.15, 0.2) is 66.7 Å². The molecule has 1 aliphatic heterocycles. The SMILES string of the molecule is COC(=O)[C@H](Cc1ccccc1)NC(=O)c1cc(Cl)c(OCCN2CCN[C@H](C)C2)c(Cl)c1OC(=O)c1ccccc1.Cl.Cl. The fourth-order valence-corrected chi connectivity index (χ4v) is 5.23. The zero-order chi connectivity index (χ0) is 30.1. The lowest BCUT2D eigenvalue weighted by molar-refractivity contribution is -0.142.